The molecular formula is C9H6N2O3. The Hall–Kier alpha value is -2.35. The molecule has 0 unspecified atom stereocenters. The van der Waals surface area contributed by atoms with Crippen molar-refractivity contribution in [1.82, 2.24) is 0 Å². The van der Waals surface area contributed by atoms with E-state index in [1.165, 1.54) is 18.2 Å². The fraction of sp³-hybridized carbons (Fsp3) is 0. The molecule has 70 valence electrons. The van der Waals surface area contributed by atoms with Crippen LogP contribution in [0.3, 0.4) is 0 Å². The monoisotopic (exact) mass is 190 g/mol. The van der Waals surface area contributed by atoms with Gasteiger partial charge in [0.2, 0.25) is 6.41 Å². The first-order chi connectivity index (χ1) is 6.69. The fourth-order valence-corrected chi connectivity index (χ4v) is 0.981. The number of hydrogen-bond donors (Lipinski definition) is 2. The molecule has 0 saturated carbocycles. The predicted molar refractivity (Wildman–Crippen MR) is 47.8 cm³/mol. The number of benzene rings is 1. The smallest absolute Gasteiger partial charge is 0.337 e. The second-order valence-electron chi connectivity index (χ2n) is 2.44. The maximum Gasteiger partial charge on any atom is 0.337 e. The van der Waals surface area contributed by atoms with Crippen molar-refractivity contribution in [2.45, 2.75) is 0 Å². The van der Waals surface area contributed by atoms with Crippen LogP contribution in [-0.4, -0.2) is 17.5 Å². The molecule has 0 aliphatic rings. The van der Waals surface area contributed by atoms with Gasteiger partial charge in [-0.25, -0.2) is 4.79 Å². The van der Waals surface area contributed by atoms with Crippen molar-refractivity contribution in [2.75, 3.05) is 5.32 Å². The van der Waals surface area contributed by atoms with E-state index in [2.05, 4.69) is 5.32 Å². The molecule has 5 heteroatoms. The third kappa shape index (κ3) is 1.87. The molecule has 0 bridgehead atoms. The summed E-state index contributed by atoms with van der Waals surface area (Å²) in [5.41, 5.74) is 0.329. The molecule has 0 fully saturated rings. The van der Waals surface area contributed by atoms with Gasteiger partial charge >= 0.3 is 5.97 Å². The Bertz CT molecular complexity index is 421. The average Bonchev–Trinajstić information content (AvgIpc) is 2.17. The lowest BCUT2D eigenvalue weighted by Gasteiger charge is -2.01. The van der Waals surface area contributed by atoms with Crippen LogP contribution in [0.1, 0.15) is 15.9 Å². The number of aromatic carboxylic acids is 1. The van der Waals surface area contributed by atoms with Gasteiger partial charge in [0.25, 0.3) is 0 Å². The summed E-state index contributed by atoms with van der Waals surface area (Å²) >= 11 is 0. The lowest BCUT2D eigenvalue weighted by Crippen LogP contribution is -2.02. The Morgan fingerprint density at radius 1 is 1.57 bits per heavy atom. The average molecular weight is 190 g/mol. The predicted octanol–water partition coefficient (Wildman–Crippen LogP) is 0.825. The van der Waals surface area contributed by atoms with E-state index >= 15 is 0 Å². The topological polar surface area (TPSA) is 90.2 Å². The summed E-state index contributed by atoms with van der Waals surface area (Å²) in [6.45, 7) is 0. The molecule has 2 N–H and O–H groups in total. The summed E-state index contributed by atoms with van der Waals surface area (Å²) in [5.74, 6) is -1.17. The van der Waals surface area contributed by atoms with Gasteiger partial charge in [-0.2, -0.15) is 5.26 Å². The molecule has 0 heterocycles. The molecule has 5 nitrogen and oxygen atoms in total. The minimum absolute atomic E-state index is 0.0179. The van der Waals surface area contributed by atoms with Crippen molar-refractivity contribution in [1.29, 1.82) is 5.26 Å². The molecular weight excluding hydrogens is 184 g/mol. The van der Waals surface area contributed by atoms with E-state index in [-0.39, 0.29) is 11.1 Å². The number of nitrogens with zero attached hydrogens (tertiary/aromatic N) is 1. The summed E-state index contributed by atoms with van der Waals surface area (Å²) in [6, 6.07) is 5.73. The van der Waals surface area contributed by atoms with Crippen LogP contribution in [-0.2, 0) is 4.79 Å². The van der Waals surface area contributed by atoms with Crippen LogP contribution in [0.5, 0.6) is 0 Å². The highest BCUT2D eigenvalue weighted by atomic mass is 16.4. The molecule has 0 atom stereocenters. The minimum atomic E-state index is -1.17. The summed E-state index contributed by atoms with van der Waals surface area (Å²) in [5, 5.41) is 19.6. The molecule has 1 amide bonds. The van der Waals surface area contributed by atoms with Crippen LogP contribution < -0.4 is 5.32 Å². The van der Waals surface area contributed by atoms with Crippen LogP contribution >= 0.6 is 0 Å². The summed E-state index contributed by atoms with van der Waals surface area (Å²) in [4.78, 5) is 20.7. The van der Waals surface area contributed by atoms with Crippen molar-refractivity contribution in [3.63, 3.8) is 0 Å². The van der Waals surface area contributed by atoms with Crippen molar-refractivity contribution in [2.24, 2.45) is 0 Å². The van der Waals surface area contributed by atoms with E-state index in [0.29, 0.717) is 12.1 Å². The number of carbonyl (C=O) groups is 2. The van der Waals surface area contributed by atoms with Crippen LogP contribution in [0.4, 0.5) is 5.69 Å². The Kier molecular flexibility index (Phi) is 2.82. The van der Waals surface area contributed by atoms with Gasteiger partial charge in [0.05, 0.1) is 11.1 Å². The maximum absolute atomic E-state index is 10.6. The molecule has 1 aromatic carbocycles. The zero-order chi connectivity index (χ0) is 10.6. The number of nitrogens with one attached hydrogen (secondary N) is 1. The highest BCUT2D eigenvalue weighted by molar-refractivity contribution is 5.91. The number of anilines is 1. The Balaban J connectivity index is 3.19. The fourth-order valence-electron chi connectivity index (χ4n) is 0.981. The summed E-state index contributed by atoms with van der Waals surface area (Å²) < 4.78 is 0. The van der Waals surface area contributed by atoms with Gasteiger partial charge in [-0.15, -0.1) is 0 Å². The normalized spacial score (nSPS) is 8.79. The largest absolute Gasteiger partial charge is 0.478 e. The Labute approximate surface area is 79.6 Å². The lowest BCUT2D eigenvalue weighted by atomic mass is 10.1. The van der Waals surface area contributed by atoms with Crippen LogP contribution in [0.15, 0.2) is 18.2 Å². The first-order valence-electron chi connectivity index (χ1n) is 3.66. The molecule has 0 saturated heterocycles. The van der Waals surface area contributed by atoms with E-state index in [1.54, 1.807) is 6.07 Å². The molecule has 14 heavy (non-hydrogen) atoms. The zero-order valence-electron chi connectivity index (χ0n) is 7.02. The Morgan fingerprint density at radius 3 is 2.79 bits per heavy atom. The number of nitriles is 1. The van der Waals surface area contributed by atoms with E-state index in [4.69, 9.17) is 10.4 Å². The number of hydrogen-bond acceptors (Lipinski definition) is 3. The molecule has 0 radical (unpaired) electrons. The molecule has 0 aliphatic carbocycles. The van der Waals surface area contributed by atoms with Gasteiger partial charge in [-0.1, -0.05) is 0 Å². The number of carbonyl (C=O) groups excluding carboxylic acids is 1. The maximum atomic E-state index is 10.6. The zero-order valence-corrected chi connectivity index (χ0v) is 7.02. The SMILES string of the molecule is N#Cc1cc(NC=O)ccc1C(=O)O. The highest BCUT2D eigenvalue weighted by Crippen LogP contribution is 2.14. The van der Waals surface area contributed by atoms with Crippen LogP contribution in [0.25, 0.3) is 0 Å². The van der Waals surface area contributed by atoms with E-state index in [9.17, 15) is 9.59 Å². The van der Waals surface area contributed by atoms with E-state index in [0.717, 1.165) is 0 Å². The van der Waals surface area contributed by atoms with Crippen molar-refractivity contribution in [3.8, 4) is 6.07 Å². The summed E-state index contributed by atoms with van der Waals surface area (Å²) in [6.07, 6.45) is 0.455. The first-order valence-corrected chi connectivity index (χ1v) is 3.66. The minimum Gasteiger partial charge on any atom is -0.478 e. The van der Waals surface area contributed by atoms with Gasteiger partial charge in [-0.3, -0.25) is 4.79 Å². The van der Waals surface area contributed by atoms with Crippen LogP contribution in [0, 0.1) is 11.3 Å². The lowest BCUT2D eigenvalue weighted by molar-refractivity contribution is -0.105. The van der Waals surface area contributed by atoms with Gasteiger partial charge in [0.15, 0.2) is 0 Å². The van der Waals surface area contributed by atoms with Gasteiger partial charge in [0.1, 0.15) is 6.07 Å². The summed E-state index contributed by atoms with van der Waals surface area (Å²) in [7, 11) is 0. The standard InChI is InChI=1S/C9H6N2O3/c10-4-6-3-7(11-5-12)1-2-8(6)9(13)14/h1-3,5H,(H,11,12)(H,13,14). The second-order valence-corrected chi connectivity index (χ2v) is 2.44. The van der Waals surface area contributed by atoms with Crippen molar-refractivity contribution in [3.05, 3.63) is 29.3 Å². The first kappa shape index (κ1) is 9.74. The van der Waals surface area contributed by atoms with E-state index < -0.39 is 5.97 Å². The van der Waals surface area contributed by atoms with E-state index in [1.807, 2.05) is 0 Å². The van der Waals surface area contributed by atoms with Gasteiger partial charge < -0.3 is 10.4 Å². The molecule has 1 rings (SSSR count). The third-order valence-corrected chi connectivity index (χ3v) is 1.60. The highest BCUT2D eigenvalue weighted by Gasteiger charge is 2.09. The third-order valence-electron chi connectivity index (χ3n) is 1.60. The quantitative estimate of drug-likeness (QED) is 0.690. The van der Waals surface area contributed by atoms with Crippen molar-refractivity contribution < 1.29 is 14.7 Å². The molecule has 0 spiro atoms. The number of carboxylic acid groups (broad SMARTS) is 1. The number of carboxylic acids is 1. The number of rotatable bonds is 3. The second kappa shape index (κ2) is 4.05. The Morgan fingerprint density at radius 2 is 2.29 bits per heavy atom. The van der Waals surface area contributed by atoms with Crippen molar-refractivity contribution >= 4 is 18.1 Å². The van der Waals surface area contributed by atoms with Gasteiger partial charge in [-0.05, 0) is 18.2 Å². The molecule has 1 aromatic rings. The van der Waals surface area contributed by atoms with Gasteiger partial charge in [0, 0.05) is 5.69 Å². The molecule has 0 aromatic heterocycles. The number of amides is 1. The van der Waals surface area contributed by atoms with Crippen LogP contribution in [0.2, 0.25) is 0 Å². The molecule has 0 aliphatic heterocycles.